The number of aliphatic hydroxyl groups excluding tert-OH is 1. The van der Waals surface area contributed by atoms with Crippen LogP contribution < -0.4 is 10.4 Å². The second-order valence-electron chi connectivity index (χ2n) is 5.64. The summed E-state index contributed by atoms with van der Waals surface area (Å²) in [7, 11) is 2.91. The largest absolute Gasteiger partial charge is 0.496 e. The van der Waals surface area contributed by atoms with Crippen LogP contribution in [0, 0.1) is 0 Å². The molecule has 2 N–H and O–H groups in total. The zero-order valence-corrected chi connectivity index (χ0v) is 13.0. The smallest absolute Gasteiger partial charge is 0.336 e. The number of aliphatic hydroxyl groups is 2. The van der Waals surface area contributed by atoms with Gasteiger partial charge in [-0.25, -0.2) is 4.79 Å². The van der Waals surface area contributed by atoms with Gasteiger partial charge in [-0.1, -0.05) is 0 Å². The van der Waals surface area contributed by atoms with Crippen LogP contribution in [0.1, 0.15) is 25.5 Å². The molecule has 22 heavy (non-hydrogen) atoms. The van der Waals surface area contributed by atoms with Gasteiger partial charge < -0.3 is 24.1 Å². The molecule has 1 aromatic heterocycles. The highest BCUT2D eigenvalue weighted by Crippen LogP contribution is 2.36. The molecule has 0 saturated carbocycles. The normalized spacial score (nSPS) is 14.8. The molecule has 0 spiro atoms. The van der Waals surface area contributed by atoms with Gasteiger partial charge in [-0.05, 0) is 26.0 Å². The molecule has 0 amide bonds. The summed E-state index contributed by atoms with van der Waals surface area (Å²) in [5, 5.41) is 21.0. The van der Waals surface area contributed by atoms with Crippen LogP contribution in [0.2, 0.25) is 0 Å². The van der Waals surface area contributed by atoms with Crippen molar-refractivity contribution in [2.75, 3.05) is 14.2 Å². The third-order valence-electron chi connectivity index (χ3n) is 3.54. The molecule has 0 aliphatic heterocycles. The fourth-order valence-corrected chi connectivity index (χ4v) is 2.31. The van der Waals surface area contributed by atoms with Gasteiger partial charge in [0.25, 0.3) is 0 Å². The van der Waals surface area contributed by atoms with E-state index in [4.69, 9.17) is 13.9 Å². The first-order chi connectivity index (χ1) is 10.3. The molecule has 2 aromatic rings. The van der Waals surface area contributed by atoms with Gasteiger partial charge in [0.1, 0.15) is 23.5 Å². The summed E-state index contributed by atoms with van der Waals surface area (Å²) in [5.41, 5.74) is -0.882. The van der Waals surface area contributed by atoms with E-state index in [1.807, 2.05) is 0 Å². The van der Waals surface area contributed by atoms with Gasteiger partial charge in [0.05, 0.1) is 12.7 Å². The number of hydrogen-bond acceptors (Lipinski definition) is 6. The zero-order valence-electron chi connectivity index (χ0n) is 13.0. The minimum Gasteiger partial charge on any atom is -0.496 e. The number of rotatable bonds is 5. The predicted molar refractivity (Wildman–Crippen MR) is 81.1 cm³/mol. The Labute approximate surface area is 127 Å². The Kier molecular flexibility index (Phi) is 4.55. The van der Waals surface area contributed by atoms with E-state index >= 15 is 0 Å². The predicted octanol–water partition coefficient (Wildman–Crippen LogP) is 1.62. The van der Waals surface area contributed by atoms with Gasteiger partial charge in [-0.2, -0.15) is 0 Å². The molecule has 0 unspecified atom stereocenters. The molecule has 1 aromatic carbocycles. The second-order valence-corrected chi connectivity index (χ2v) is 5.64. The van der Waals surface area contributed by atoms with Crippen LogP contribution in [0.15, 0.2) is 33.5 Å². The molecule has 1 heterocycles. The summed E-state index contributed by atoms with van der Waals surface area (Å²) < 4.78 is 15.8. The van der Waals surface area contributed by atoms with Crippen molar-refractivity contribution in [2.45, 2.75) is 31.7 Å². The summed E-state index contributed by atoms with van der Waals surface area (Å²) >= 11 is 0. The minimum absolute atomic E-state index is 0.376. The molecule has 2 atom stereocenters. The molecule has 0 bridgehead atoms. The van der Waals surface area contributed by atoms with Crippen molar-refractivity contribution in [1.82, 2.24) is 0 Å². The average molecular weight is 308 g/mol. The topological polar surface area (TPSA) is 89.1 Å². The minimum atomic E-state index is -1.36. The summed E-state index contributed by atoms with van der Waals surface area (Å²) in [6.07, 6.45) is -1.97. The van der Waals surface area contributed by atoms with E-state index in [-0.39, 0.29) is 0 Å². The van der Waals surface area contributed by atoms with E-state index in [9.17, 15) is 15.0 Å². The Morgan fingerprint density at radius 2 is 1.91 bits per heavy atom. The van der Waals surface area contributed by atoms with Crippen LogP contribution in [-0.4, -0.2) is 36.1 Å². The number of benzene rings is 1. The first-order valence-corrected chi connectivity index (χ1v) is 6.83. The second kappa shape index (κ2) is 6.08. The van der Waals surface area contributed by atoms with Crippen molar-refractivity contribution in [2.24, 2.45) is 0 Å². The third kappa shape index (κ3) is 3.14. The summed E-state index contributed by atoms with van der Waals surface area (Å²) in [4.78, 5) is 11.3. The van der Waals surface area contributed by atoms with Crippen LogP contribution in [0.5, 0.6) is 5.75 Å². The van der Waals surface area contributed by atoms with E-state index in [0.29, 0.717) is 22.3 Å². The van der Waals surface area contributed by atoms with E-state index in [1.54, 1.807) is 18.2 Å². The highest BCUT2D eigenvalue weighted by atomic mass is 16.5. The highest BCUT2D eigenvalue weighted by Gasteiger charge is 2.35. The molecule has 0 saturated heterocycles. The third-order valence-corrected chi connectivity index (χ3v) is 3.54. The van der Waals surface area contributed by atoms with Crippen LogP contribution in [0.4, 0.5) is 0 Å². The van der Waals surface area contributed by atoms with Gasteiger partial charge in [0.2, 0.25) is 0 Å². The Balaban J connectivity index is 2.61. The summed E-state index contributed by atoms with van der Waals surface area (Å²) in [6.45, 7) is 2.99. The molecule has 6 heteroatoms. The molecule has 2 rings (SSSR count). The number of methoxy groups -OCH3 is 2. The van der Waals surface area contributed by atoms with Crippen molar-refractivity contribution in [3.8, 4) is 5.75 Å². The molecule has 0 fully saturated rings. The molecule has 6 nitrogen and oxygen atoms in total. The maximum Gasteiger partial charge on any atom is 0.336 e. The molecule has 120 valence electrons. The van der Waals surface area contributed by atoms with Crippen molar-refractivity contribution >= 4 is 11.0 Å². The van der Waals surface area contributed by atoms with Crippen LogP contribution in [0.25, 0.3) is 11.0 Å². The van der Waals surface area contributed by atoms with Gasteiger partial charge >= 0.3 is 5.63 Å². The van der Waals surface area contributed by atoms with E-state index in [0.717, 1.165) is 0 Å². The van der Waals surface area contributed by atoms with Crippen molar-refractivity contribution in [3.05, 3.63) is 40.2 Å². The molecule has 0 aliphatic rings. The Morgan fingerprint density at radius 3 is 2.45 bits per heavy atom. The lowest BCUT2D eigenvalue weighted by Crippen LogP contribution is -2.41. The lowest BCUT2D eigenvalue weighted by molar-refractivity contribution is -0.119. The van der Waals surface area contributed by atoms with E-state index in [2.05, 4.69) is 0 Å². The van der Waals surface area contributed by atoms with E-state index in [1.165, 1.54) is 34.1 Å². The quantitative estimate of drug-likeness (QED) is 0.816. The first kappa shape index (κ1) is 16.5. The van der Waals surface area contributed by atoms with E-state index < -0.39 is 23.4 Å². The Hall–Kier alpha value is -1.89. The van der Waals surface area contributed by atoms with Gasteiger partial charge in [-0.15, -0.1) is 0 Å². The number of fused-ring (bicyclic) bond motifs is 1. The van der Waals surface area contributed by atoms with Crippen molar-refractivity contribution in [1.29, 1.82) is 0 Å². The van der Waals surface area contributed by atoms with Crippen LogP contribution in [-0.2, 0) is 4.74 Å². The molecule has 0 aliphatic carbocycles. The average Bonchev–Trinajstić information content (AvgIpc) is 2.46. The van der Waals surface area contributed by atoms with Crippen molar-refractivity contribution in [3.63, 3.8) is 0 Å². The zero-order chi connectivity index (χ0) is 16.5. The summed E-state index contributed by atoms with van der Waals surface area (Å²) in [5.74, 6) is 0.400. The lowest BCUT2D eigenvalue weighted by atomic mass is 9.91. The molecule has 0 radical (unpaired) electrons. The summed E-state index contributed by atoms with van der Waals surface area (Å²) in [6, 6.07) is 6.20. The number of ether oxygens (including phenoxy) is 2. The standard InChI is InChI=1S/C16H20O6/c1-16(2,19)15(18)14(21-4)10-7-9-5-6-13(17)22-11(9)8-12(10)20-3/h5-8,14-15,18-19H,1-4H3/t14-,15+/m1/s1. The van der Waals surface area contributed by atoms with Crippen LogP contribution >= 0.6 is 0 Å². The fourth-order valence-electron chi connectivity index (χ4n) is 2.31. The molecular formula is C16H20O6. The Bertz CT molecular complexity index is 713. The fraction of sp³-hybridized carbons (Fsp3) is 0.438. The van der Waals surface area contributed by atoms with Crippen LogP contribution in [0.3, 0.4) is 0 Å². The SMILES string of the molecule is COc1cc2oc(=O)ccc2cc1[C@@H](OC)[C@H](O)C(C)(C)O. The number of hydrogen-bond donors (Lipinski definition) is 2. The molecular weight excluding hydrogens is 288 g/mol. The highest BCUT2D eigenvalue weighted by molar-refractivity contribution is 5.79. The van der Waals surface area contributed by atoms with Crippen molar-refractivity contribution < 1.29 is 24.1 Å². The monoisotopic (exact) mass is 308 g/mol. The van der Waals surface area contributed by atoms with Gasteiger partial charge in [0, 0.05) is 30.2 Å². The van der Waals surface area contributed by atoms with Gasteiger partial charge in [0.15, 0.2) is 0 Å². The van der Waals surface area contributed by atoms with Gasteiger partial charge in [-0.3, -0.25) is 0 Å². The maximum absolute atomic E-state index is 11.3. The lowest BCUT2D eigenvalue weighted by Gasteiger charge is -2.31. The Morgan fingerprint density at radius 1 is 1.23 bits per heavy atom. The first-order valence-electron chi connectivity index (χ1n) is 6.83. The maximum atomic E-state index is 11.3.